The highest BCUT2D eigenvalue weighted by molar-refractivity contribution is 5.13. The predicted octanol–water partition coefficient (Wildman–Crippen LogP) is 0.830. The van der Waals surface area contributed by atoms with Crippen LogP contribution in [0.1, 0.15) is 19.8 Å². The van der Waals surface area contributed by atoms with Crippen LogP contribution in [0.25, 0.3) is 0 Å². The summed E-state index contributed by atoms with van der Waals surface area (Å²) in [4.78, 5) is 2.09. The molecule has 74 valence electrons. The lowest BCUT2D eigenvalue weighted by atomic mass is 9.77. The molecule has 0 radical (unpaired) electrons. The normalized spacial score (nSPS) is 34.5. The van der Waals surface area contributed by atoms with Crippen molar-refractivity contribution in [3.05, 3.63) is 0 Å². The molecule has 1 rings (SSSR count). The number of hydrogen-bond donors (Lipinski definition) is 1. The van der Waals surface area contributed by atoms with Gasteiger partial charge in [0.25, 0.3) is 0 Å². The summed E-state index contributed by atoms with van der Waals surface area (Å²) in [5.74, 6) is 0.459. The summed E-state index contributed by atoms with van der Waals surface area (Å²) in [6.07, 6.45) is 2.01. The van der Waals surface area contributed by atoms with Crippen molar-refractivity contribution in [2.45, 2.75) is 25.3 Å². The highest BCUT2D eigenvalue weighted by atomic mass is 15.2. The van der Waals surface area contributed by atoms with E-state index in [0.717, 1.165) is 25.9 Å². The van der Waals surface area contributed by atoms with Gasteiger partial charge in [0.05, 0.1) is 6.07 Å². The van der Waals surface area contributed by atoms with Gasteiger partial charge in [0.15, 0.2) is 0 Å². The first-order valence-corrected chi connectivity index (χ1v) is 4.96. The third kappa shape index (κ3) is 1.70. The van der Waals surface area contributed by atoms with Crippen molar-refractivity contribution in [2.75, 3.05) is 27.2 Å². The molecule has 0 aromatic rings. The van der Waals surface area contributed by atoms with Crippen LogP contribution in [-0.2, 0) is 0 Å². The largest absolute Gasteiger partial charge is 0.316 e. The molecule has 3 nitrogen and oxygen atoms in total. The molecule has 0 aromatic heterocycles. The van der Waals surface area contributed by atoms with Crippen molar-refractivity contribution in [1.82, 2.24) is 10.2 Å². The molecule has 1 heterocycles. The maximum absolute atomic E-state index is 9.29. The topological polar surface area (TPSA) is 39.1 Å². The standard InChI is InChI=1S/C10H19N3/c1-4-9-7-12-6-5-10(9,8-11)13(2)3/h9,12H,4-7H2,1-3H3. The predicted molar refractivity (Wildman–Crippen MR) is 53.3 cm³/mol. The number of hydrogen-bond acceptors (Lipinski definition) is 3. The van der Waals surface area contributed by atoms with Gasteiger partial charge in [-0.15, -0.1) is 0 Å². The minimum absolute atomic E-state index is 0.236. The second-order valence-corrected chi connectivity index (χ2v) is 3.99. The van der Waals surface area contributed by atoms with E-state index in [-0.39, 0.29) is 5.54 Å². The zero-order valence-electron chi connectivity index (χ0n) is 8.80. The van der Waals surface area contributed by atoms with E-state index in [9.17, 15) is 5.26 Å². The van der Waals surface area contributed by atoms with E-state index in [2.05, 4.69) is 23.2 Å². The molecule has 2 atom stereocenters. The third-order valence-electron chi connectivity index (χ3n) is 3.23. The first kappa shape index (κ1) is 10.5. The minimum Gasteiger partial charge on any atom is -0.316 e. The molecule has 0 spiro atoms. The summed E-state index contributed by atoms with van der Waals surface area (Å²) in [6, 6.07) is 2.50. The Kier molecular flexibility index (Phi) is 3.29. The molecular formula is C10H19N3. The Morgan fingerprint density at radius 1 is 1.62 bits per heavy atom. The summed E-state index contributed by atoms with van der Waals surface area (Å²) in [5, 5.41) is 12.6. The van der Waals surface area contributed by atoms with Crippen molar-refractivity contribution in [3.63, 3.8) is 0 Å². The van der Waals surface area contributed by atoms with Gasteiger partial charge in [0.2, 0.25) is 0 Å². The fourth-order valence-electron chi connectivity index (χ4n) is 2.25. The molecule has 2 unspecified atom stereocenters. The molecule has 1 aliphatic heterocycles. The van der Waals surface area contributed by atoms with Gasteiger partial charge >= 0.3 is 0 Å². The van der Waals surface area contributed by atoms with Crippen molar-refractivity contribution in [2.24, 2.45) is 5.92 Å². The highest BCUT2D eigenvalue weighted by Crippen LogP contribution is 2.30. The fourth-order valence-corrected chi connectivity index (χ4v) is 2.25. The van der Waals surface area contributed by atoms with Gasteiger partial charge in [-0.2, -0.15) is 5.26 Å². The van der Waals surface area contributed by atoms with Crippen LogP contribution in [0, 0.1) is 17.2 Å². The van der Waals surface area contributed by atoms with E-state index in [1.54, 1.807) is 0 Å². The molecule has 0 saturated carbocycles. The van der Waals surface area contributed by atoms with Gasteiger partial charge in [-0.25, -0.2) is 0 Å². The third-order valence-corrected chi connectivity index (χ3v) is 3.23. The van der Waals surface area contributed by atoms with Crippen LogP contribution in [0.3, 0.4) is 0 Å². The molecule has 0 bridgehead atoms. The average Bonchev–Trinajstić information content (AvgIpc) is 2.17. The zero-order chi connectivity index (χ0) is 9.90. The average molecular weight is 181 g/mol. The number of nitriles is 1. The number of nitrogens with one attached hydrogen (secondary N) is 1. The molecule has 1 fully saturated rings. The van der Waals surface area contributed by atoms with Crippen LogP contribution in [0.15, 0.2) is 0 Å². The second-order valence-electron chi connectivity index (χ2n) is 3.99. The van der Waals surface area contributed by atoms with Crippen molar-refractivity contribution in [3.8, 4) is 6.07 Å². The maximum atomic E-state index is 9.29. The van der Waals surface area contributed by atoms with Gasteiger partial charge in [0.1, 0.15) is 5.54 Å². The second kappa shape index (κ2) is 4.08. The Morgan fingerprint density at radius 2 is 2.31 bits per heavy atom. The Balaban J connectivity index is 2.86. The van der Waals surface area contributed by atoms with Crippen LogP contribution in [0.4, 0.5) is 0 Å². The number of piperidine rings is 1. The smallest absolute Gasteiger partial charge is 0.114 e. The van der Waals surface area contributed by atoms with Gasteiger partial charge in [0, 0.05) is 12.5 Å². The molecule has 1 aliphatic rings. The molecule has 0 aliphatic carbocycles. The summed E-state index contributed by atoms with van der Waals surface area (Å²) >= 11 is 0. The molecule has 1 saturated heterocycles. The monoisotopic (exact) mass is 181 g/mol. The number of nitrogens with zero attached hydrogens (tertiary/aromatic N) is 2. The van der Waals surface area contributed by atoms with E-state index in [1.165, 1.54) is 0 Å². The quantitative estimate of drug-likeness (QED) is 0.686. The molecule has 3 heteroatoms. The highest BCUT2D eigenvalue weighted by Gasteiger charge is 2.41. The lowest BCUT2D eigenvalue weighted by Crippen LogP contribution is -2.57. The molecule has 0 amide bonds. The summed E-state index contributed by atoms with van der Waals surface area (Å²) in [7, 11) is 4.02. The summed E-state index contributed by atoms with van der Waals surface area (Å²) in [5.41, 5.74) is -0.236. The summed E-state index contributed by atoms with van der Waals surface area (Å²) in [6.45, 7) is 4.09. The van der Waals surface area contributed by atoms with Crippen LogP contribution >= 0.6 is 0 Å². The molecule has 0 aromatic carbocycles. The van der Waals surface area contributed by atoms with Gasteiger partial charge in [-0.05, 0) is 33.5 Å². The van der Waals surface area contributed by atoms with Crippen LogP contribution in [-0.4, -0.2) is 37.6 Å². The van der Waals surface area contributed by atoms with Crippen molar-refractivity contribution >= 4 is 0 Å². The zero-order valence-corrected chi connectivity index (χ0v) is 8.80. The Hall–Kier alpha value is -0.590. The Morgan fingerprint density at radius 3 is 2.69 bits per heavy atom. The van der Waals surface area contributed by atoms with E-state index >= 15 is 0 Å². The van der Waals surface area contributed by atoms with Crippen LogP contribution in [0.2, 0.25) is 0 Å². The van der Waals surface area contributed by atoms with Crippen LogP contribution < -0.4 is 5.32 Å². The first-order valence-electron chi connectivity index (χ1n) is 4.96. The van der Waals surface area contributed by atoms with Gasteiger partial charge in [-0.1, -0.05) is 6.92 Å². The number of rotatable bonds is 2. The molecule has 13 heavy (non-hydrogen) atoms. The Bertz CT molecular complexity index is 207. The summed E-state index contributed by atoms with van der Waals surface area (Å²) < 4.78 is 0. The van der Waals surface area contributed by atoms with E-state index in [1.807, 2.05) is 14.1 Å². The SMILES string of the molecule is CCC1CNCCC1(C#N)N(C)C. The van der Waals surface area contributed by atoms with E-state index < -0.39 is 0 Å². The maximum Gasteiger partial charge on any atom is 0.114 e. The minimum atomic E-state index is -0.236. The lowest BCUT2D eigenvalue weighted by molar-refractivity contribution is 0.0970. The molecule has 1 N–H and O–H groups in total. The van der Waals surface area contributed by atoms with Crippen LogP contribution in [0.5, 0.6) is 0 Å². The lowest BCUT2D eigenvalue weighted by Gasteiger charge is -2.43. The van der Waals surface area contributed by atoms with Gasteiger partial charge < -0.3 is 5.32 Å². The van der Waals surface area contributed by atoms with E-state index in [0.29, 0.717) is 5.92 Å². The fraction of sp³-hybridized carbons (Fsp3) is 0.900. The first-order chi connectivity index (χ1) is 6.17. The van der Waals surface area contributed by atoms with Gasteiger partial charge in [-0.3, -0.25) is 4.90 Å². The van der Waals surface area contributed by atoms with Crippen molar-refractivity contribution in [1.29, 1.82) is 5.26 Å². The van der Waals surface area contributed by atoms with E-state index in [4.69, 9.17) is 0 Å². The van der Waals surface area contributed by atoms with Crippen molar-refractivity contribution < 1.29 is 0 Å². The molecular weight excluding hydrogens is 162 g/mol. The Labute approximate surface area is 80.7 Å².